The molecule has 0 aliphatic carbocycles. The molecule has 0 bridgehead atoms. The fourth-order valence-corrected chi connectivity index (χ4v) is 5.95. The third-order valence-corrected chi connectivity index (χ3v) is 8.91. The number of alkyl halides is 1. The summed E-state index contributed by atoms with van der Waals surface area (Å²) in [5.74, 6) is -0.998. The van der Waals surface area contributed by atoms with Crippen molar-refractivity contribution in [3.8, 4) is 0 Å². The van der Waals surface area contributed by atoms with Gasteiger partial charge >= 0.3 is 11.9 Å². The molecule has 0 radical (unpaired) electrons. The molecule has 2 atom stereocenters. The van der Waals surface area contributed by atoms with Gasteiger partial charge in [-0.3, -0.25) is 19.6 Å². The summed E-state index contributed by atoms with van der Waals surface area (Å²) in [5, 5.41) is 0. The fraction of sp³-hybridized carbons (Fsp3) is 0.167. The van der Waals surface area contributed by atoms with Crippen molar-refractivity contribution in [3.05, 3.63) is 215 Å². The van der Waals surface area contributed by atoms with Crippen LogP contribution in [0.4, 0.5) is 0 Å². The fourth-order valence-electron chi connectivity index (χ4n) is 5.95. The summed E-state index contributed by atoms with van der Waals surface area (Å²) in [7, 11) is 2.83. The second-order valence-electron chi connectivity index (χ2n) is 12.5. The molecule has 0 aliphatic rings. The highest BCUT2D eigenvalue weighted by molar-refractivity contribution is 14.1. The number of esters is 2. The van der Waals surface area contributed by atoms with Crippen molar-refractivity contribution in [2.24, 2.45) is 9.98 Å². The number of halogens is 1. The molecule has 280 valence electrons. The first-order valence-electron chi connectivity index (χ1n) is 17.9. The minimum Gasteiger partial charge on any atom is -0.468 e. The van der Waals surface area contributed by atoms with Crippen LogP contribution in [0.25, 0.3) is 0 Å². The molecule has 2 unspecified atom stereocenters. The van der Waals surface area contributed by atoms with Gasteiger partial charge in [0.05, 0.1) is 38.7 Å². The molecule has 0 heterocycles. The highest BCUT2D eigenvalue weighted by Gasteiger charge is 2.36. The van der Waals surface area contributed by atoms with Gasteiger partial charge in [0.15, 0.2) is 0 Å². The van der Waals surface area contributed by atoms with E-state index in [-0.39, 0.29) is 11.9 Å². The number of carbonyl (C=O) groups excluding carboxylic acids is 2. The summed E-state index contributed by atoms with van der Waals surface area (Å²) >= 11 is 2.15. The van der Waals surface area contributed by atoms with Crippen LogP contribution in [0.15, 0.2) is 192 Å². The van der Waals surface area contributed by atoms with Gasteiger partial charge in [0.1, 0.15) is 11.3 Å². The molecule has 0 aromatic heterocycles. The first-order chi connectivity index (χ1) is 26.9. The van der Waals surface area contributed by atoms with Gasteiger partial charge in [-0.05, 0) is 23.0 Å². The lowest BCUT2D eigenvalue weighted by molar-refractivity contribution is -0.146. The normalized spacial score (nSPS) is 11.7. The molecule has 0 saturated carbocycles. The predicted octanol–water partition coefficient (Wildman–Crippen LogP) is 10.2. The van der Waals surface area contributed by atoms with Crippen molar-refractivity contribution in [1.82, 2.24) is 0 Å². The molecule has 6 aromatic carbocycles. The Kier molecular flexibility index (Phi) is 17.2. The van der Waals surface area contributed by atoms with Crippen LogP contribution >= 0.6 is 22.6 Å². The maximum absolute atomic E-state index is 12.6. The number of methoxy groups -OCH3 is 2. The molecule has 0 spiro atoms. The maximum atomic E-state index is 12.6. The van der Waals surface area contributed by atoms with E-state index in [1.54, 1.807) is 0 Å². The minimum atomic E-state index is -0.856. The molecule has 7 heteroatoms. The molecule has 55 heavy (non-hydrogen) atoms. The van der Waals surface area contributed by atoms with Crippen LogP contribution in [0.3, 0.4) is 0 Å². The molecule has 6 rings (SSSR count). The second kappa shape index (κ2) is 22.5. The van der Waals surface area contributed by atoms with E-state index in [0.29, 0.717) is 13.1 Å². The number of carbonyl (C=O) groups is 2. The first-order valence-corrected chi connectivity index (χ1v) is 20.1. The summed E-state index contributed by atoms with van der Waals surface area (Å²) in [6.07, 6.45) is 0. The van der Waals surface area contributed by atoms with E-state index in [1.807, 2.05) is 194 Å². The number of nitrogens with zero attached hydrogens (tertiary/aromatic N) is 2. The lowest BCUT2D eigenvalue weighted by atomic mass is 9.82. The summed E-state index contributed by atoms with van der Waals surface area (Å²) in [5.41, 5.74) is 6.76. The molecule has 0 N–H and O–H groups in total. The van der Waals surface area contributed by atoms with Gasteiger partial charge in [-0.2, -0.15) is 0 Å². The van der Waals surface area contributed by atoms with Crippen LogP contribution in [0.2, 0.25) is 0 Å². The monoisotopic (exact) mass is 842 g/mol. The number of hydrogen-bond acceptors (Lipinski definition) is 6. The third-order valence-electron chi connectivity index (χ3n) is 8.91. The predicted molar refractivity (Wildman–Crippen MR) is 234 cm³/mol. The van der Waals surface area contributed by atoms with E-state index in [0.717, 1.165) is 44.8 Å². The standard InChI is InChI=1S/C24H23NO2.C23H21NO2.CH3I/c1-24(23(26)27-2,21-16-10-5-11-17-21)18-25-22(19-12-6-3-7-13-19)20-14-8-4-9-15-20;1-26-23(25)21(18-11-5-2-6-12-18)17-24-22(19-13-7-3-8-14-19)20-15-9-4-10-16-20;1-2/h3-17H,18H2,1-2H3;2-16,21H,17H2,1H3;1H3. The third kappa shape index (κ3) is 11.9. The summed E-state index contributed by atoms with van der Waals surface area (Å²) in [6.45, 7) is 2.50. The number of benzene rings is 6. The topological polar surface area (TPSA) is 77.3 Å². The Morgan fingerprint density at radius 3 is 1.24 bits per heavy atom. The SMILES string of the molecule is CI.COC(=O)C(C)(CN=C(c1ccccc1)c1ccccc1)c1ccccc1.COC(=O)C(CN=C(c1ccccc1)c1ccccc1)c1ccccc1. The molecule has 6 aromatic rings. The van der Waals surface area contributed by atoms with Crippen molar-refractivity contribution < 1.29 is 19.1 Å². The number of hydrogen-bond donors (Lipinski definition) is 0. The lowest BCUT2D eigenvalue weighted by Gasteiger charge is -2.26. The van der Waals surface area contributed by atoms with Crippen molar-refractivity contribution in [2.45, 2.75) is 18.3 Å². The van der Waals surface area contributed by atoms with Crippen LogP contribution in [0, 0.1) is 0 Å². The lowest BCUT2D eigenvalue weighted by Crippen LogP contribution is -2.37. The number of rotatable bonds is 12. The number of aliphatic imine (C=N–C) groups is 2. The van der Waals surface area contributed by atoms with Gasteiger partial charge in [0.2, 0.25) is 0 Å². The average molecular weight is 843 g/mol. The van der Waals surface area contributed by atoms with Gasteiger partial charge in [-0.15, -0.1) is 0 Å². The highest BCUT2D eigenvalue weighted by Crippen LogP contribution is 2.27. The molecule has 0 amide bonds. The van der Waals surface area contributed by atoms with Crippen LogP contribution in [0.5, 0.6) is 0 Å². The minimum absolute atomic E-state index is 0.277. The van der Waals surface area contributed by atoms with E-state index in [2.05, 4.69) is 22.6 Å². The smallest absolute Gasteiger partial charge is 0.317 e. The zero-order valence-corrected chi connectivity index (χ0v) is 33.9. The van der Waals surface area contributed by atoms with Gasteiger partial charge in [-0.1, -0.05) is 205 Å². The van der Waals surface area contributed by atoms with Crippen molar-refractivity contribution in [3.63, 3.8) is 0 Å². The molecule has 6 nitrogen and oxygen atoms in total. The molecule has 0 saturated heterocycles. The maximum Gasteiger partial charge on any atom is 0.317 e. The van der Waals surface area contributed by atoms with Crippen LogP contribution < -0.4 is 0 Å². The zero-order chi connectivity index (χ0) is 39.3. The number of ether oxygens (including phenoxy) is 2. The Labute approximate surface area is 339 Å². The summed E-state index contributed by atoms with van der Waals surface area (Å²) < 4.78 is 10.1. The van der Waals surface area contributed by atoms with Crippen molar-refractivity contribution in [2.75, 3.05) is 32.2 Å². The Balaban J connectivity index is 0.000000234. The Morgan fingerprint density at radius 2 is 0.873 bits per heavy atom. The van der Waals surface area contributed by atoms with E-state index < -0.39 is 11.3 Å². The van der Waals surface area contributed by atoms with Crippen LogP contribution in [-0.2, 0) is 24.5 Å². The van der Waals surface area contributed by atoms with E-state index in [4.69, 9.17) is 19.5 Å². The molecule has 0 fully saturated rings. The Morgan fingerprint density at radius 1 is 0.527 bits per heavy atom. The summed E-state index contributed by atoms with van der Waals surface area (Å²) in [4.78, 5) is 36.6. The largest absolute Gasteiger partial charge is 0.468 e. The first kappa shape index (κ1) is 42.1. The van der Waals surface area contributed by atoms with Crippen LogP contribution in [-0.4, -0.2) is 55.6 Å². The second-order valence-corrected chi connectivity index (χ2v) is 12.5. The highest BCUT2D eigenvalue weighted by atomic mass is 127. The van der Waals surface area contributed by atoms with Crippen molar-refractivity contribution >= 4 is 46.0 Å². The quantitative estimate of drug-likeness (QED) is 0.0532. The van der Waals surface area contributed by atoms with Crippen molar-refractivity contribution in [1.29, 1.82) is 0 Å². The Bertz CT molecular complexity index is 1990. The molecule has 0 aliphatic heterocycles. The molecular formula is C48H47IN2O4. The van der Waals surface area contributed by atoms with Gasteiger partial charge in [-0.25, -0.2) is 0 Å². The van der Waals surface area contributed by atoms with Gasteiger partial charge in [0, 0.05) is 22.3 Å². The van der Waals surface area contributed by atoms with Gasteiger partial charge in [0.25, 0.3) is 0 Å². The molecular weight excluding hydrogens is 795 g/mol. The van der Waals surface area contributed by atoms with E-state index >= 15 is 0 Å². The van der Waals surface area contributed by atoms with Crippen LogP contribution in [0.1, 0.15) is 46.2 Å². The van der Waals surface area contributed by atoms with E-state index in [9.17, 15) is 9.59 Å². The van der Waals surface area contributed by atoms with E-state index in [1.165, 1.54) is 14.2 Å². The average Bonchev–Trinajstić information content (AvgIpc) is 3.27. The zero-order valence-electron chi connectivity index (χ0n) is 31.7. The Hall–Kier alpha value is -5.67. The van der Waals surface area contributed by atoms with Gasteiger partial charge < -0.3 is 9.47 Å². The summed E-state index contributed by atoms with van der Waals surface area (Å²) in [6, 6.07) is 59.4.